The third-order valence-corrected chi connectivity index (χ3v) is 4.53. The molecule has 2 aromatic heterocycles. The number of esters is 1. The maximum atomic E-state index is 12.1. The molecule has 9 heteroatoms. The number of hydrogen-bond donors (Lipinski definition) is 1. The summed E-state index contributed by atoms with van der Waals surface area (Å²) in [6.07, 6.45) is 4.70. The van der Waals surface area contributed by atoms with Crippen LogP contribution in [-0.2, 0) is 20.9 Å². The second-order valence-corrected chi connectivity index (χ2v) is 6.77. The number of benzene rings is 1. The summed E-state index contributed by atoms with van der Waals surface area (Å²) in [5.41, 5.74) is 2.34. The standard InChI is InChI=1S/C21H20ClN5O3/c1-14-17(19(22)27(26-14)13-16-7-4-3-5-8-16)9-10-18(28)30-15(2)20(29)25-21-23-11-6-12-24-21/h3-12,15H,13H2,1-2H3,(H,23,24,25,29)/b10-9+. The summed E-state index contributed by atoms with van der Waals surface area (Å²) in [6, 6.07) is 11.4. The van der Waals surface area contributed by atoms with Gasteiger partial charge in [-0.15, -0.1) is 0 Å². The maximum Gasteiger partial charge on any atom is 0.331 e. The second-order valence-electron chi connectivity index (χ2n) is 6.41. The molecular weight excluding hydrogens is 406 g/mol. The summed E-state index contributed by atoms with van der Waals surface area (Å²) in [7, 11) is 0. The van der Waals surface area contributed by atoms with Crippen molar-refractivity contribution in [2.45, 2.75) is 26.5 Å². The number of aromatic nitrogens is 4. The van der Waals surface area contributed by atoms with Crippen LogP contribution in [0.4, 0.5) is 5.95 Å². The summed E-state index contributed by atoms with van der Waals surface area (Å²) in [5.74, 6) is -1.08. The molecule has 0 spiro atoms. The lowest BCUT2D eigenvalue weighted by Gasteiger charge is -2.11. The Morgan fingerprint density at radius 2 is 1.90 bits per heavy atom. The number of hydrogen-bond acceptors (Lipinski definition) is 6. The Labute approximate surface area is 178 Å². The van der Waals surface area contributed by atoms with E-state index in [1.165, 1.54) is 31.5 Å². The van der Waals surface area contributed by atoms with Gasteiger partial charge >= 0.3 is 5.97 Å². The fraction of sp³-hybridized carbons (Fsp3) is 0.190. The molecule has 0 saturated carbocycles. The van der Waals surface area contributed by atoms with Crippen molar-refractivity contribution in [3.8, 4) is 0 Å². The zero-order valence-electron chi connectivity index (χ0n) is 16.4. The molecule has 1 aromatic carbocycles. The average Bonchev–Trinajstić information content (AvgIpc) is 3.00. The molecule has 8 nitrogen and oxygen atoms in total. The van der Waals surface area contributed by atoms with Crippen molar-refractivity contribution in [3.05, 3.63) is 76.8 Å². The van der Waals surface area contributed by atoms with Crippen LogP contribution in [0.3, 0.4) is 0 Å². The molecule has 0 aliphatic rings. The predicted molar refractivity (Wildman–Crippen MR) is 113 cm³/mol. The highest BCUT2D eigenvalue weighted by atomic mass is 35.5. The van der Waals surface area contributed by atoms with E-state index >= 15 is 0 Å². The highest BCUT2D eigenvalue weighted by molar-refractivity contribution is 6.31. The van der Waals surface area contributed by atoms with Crippen LogP contribution < -0.4 is 5.32 Å². The third kappa shape index (κ3) is 5.51. The van der Waals surface area contributed by atoms with Crippen LogP contribution in [0.1, 0.15) is 23.7 Å². The Balaban J connectivity index is 1.61. The van der Waals surface area contributed by atoms with Gasteiger partial charge in [0.25, 0.3) is 5.91 Å². The van der Waals surface area contributed by atoms with Crippen molar-refractivity contribution in [3.63, 3.8) is 0 Å². The molecule has 30 heavy (non-hydrogen) atoms. The number of ether oxygens (including phenoxy) is 1. The molecule has 1 amide bonds. The van der Waals surface area contributed by atoms with Gasteiger partial charge in [-0.05, 0) is 31.6 Å². The summed E-state index contributed by atoms with van der Waals surface area (Å²) in [4.78, 5) is 32.0. The second kappa shape index (κ2) is 9.80. The van der Waals surface area contributed by atoms with Gasteiger partial charge in [0.05, 0.1) is 12.2 Å². The quantitative estimate of drug-likeness (QED) is 0.460. The van der Waals surface area contributed by atoms with Crippen molar-refractivity contribution >= 4 is 35.5 Å². The number of rotatable bonds is 7. The van der Waals surface area contributed by atoms with Crippen LogP contribution in [0.25, 0.3) is 6.08 Å². The lowest BCUT2D eigenvalue weighted by atomic mass is 10.2. The number of aryl methyl sites for hydroxylation is 1. The number of amides is 1. The van der Waals surface area contributed by atoms with Crippen molar-refractivity contribution in [2.75, 3.05) is 5.32 Å². The van der Waals surface area contributed by atoms with Crippen LogP contribution in [0.2, 0.25) is 5.15 Å². The summed E-state index contributed by atoms with van der Waals surface area (Å²) in [5, 5.41) is 7.30. The van der Waals surface area contributed by atoms with Gasteiger partial charge in [-0.3, -0.25) is 10.1 Å². The van der Waals surface area contributed by atoms with Gasteiger partial charge in [0.15, 0.2) is 6.10 Å². The lowest BCUT2D eigenvalue weighted by molar-refractivity contribution is -0.148. The number of nitrogens with zero attached hydrogens (tertiary/aromatic N) is 4. The minimum Gasteiger partial charge on any atom is -0.449 e. The van der Waals surface area contributed by atoms with Crippen molar-refractivity contribution < 1.29 is 14.3 Å². The van der Waals surface area contributed by atoms with Gasteiger partial charge in [-0.1, -0.05) is 41.9 Å². The number of carbonyl (C=O) groups is 2. The van der Waals surface area contributed by atoms with Crippen LogP contribution in [-0.4, -0.2) is 37.7 Å². The number of halogens is 1. The molecule has 0 aliphatic heterocycles. The molecule has 0 aliphatic carbocycles. The Bertz CT molecular complexity index is 1050. The Morgan fingerprint density at radius 3 is 2.60 bits per heavy atom. The number of nitrogens with one attached hydrogen (secondary N) is 1. The highest BCUT2D eigenvalue weighted by Gasteiger charge is 2.18. The minimum atomic E-state index is -1.02. The van der Waals surface area contributed by atoms with Gasteiger partial charge in [-0.2, -0.15) is 5.10 Å². The van der Waals surface area contributed by atoms with Crippen LogP contribution in [0.15, 0.2) is 54.9 Å². The van der Waals surface area contributed by atoms with E-state index in [0.717, 1.165) is 5.56 Å². The van der Waals surface area contributed by atoms with Crippen molar-refractivity contribution in [1.29, 1.82) is 0 Å². The van der Waals surface area contributed by atoms with Gasteiger partial charge in [-0.25, -0.2) is 19.4 Å². The molecule has 3 rings (SSSR count). The normalized spacial score (nSPS) is 12.0. The topological polar surface area (TPSA) is 99.0 Å². The fourth-order valence-corrected chi connectivity index (χ4v) is 2.91. The first kappa shape index (κ1) is 21.2. The Morgan fingerprint density at radius 1 is 1.20 bits per heavy atom. The molecule has 3 aromatic rings. The van der Waals surface area contributed by atoms with E-state index in [2.05, 4.69) is 20.4 Å². The molecule has 1 unspecified atom stereocenters. The Hall–Kier alpha value is -3.52. The summed E-state index contributed by atoms with van der Waals surface area (Å²) in [6.45, 7) is 3.77. The van der Waals surface area contributed by atoms with Gasteiger partial charge in [0.2, 0.25) is 5.95 Å². The first-order valence-corrected chi connectivity index (χ1v) is 9.55. The van der Waals surface area contributed by atoms with Crippen LogP contribution in [0, 0.1) is 6.92 Å². The zero-order chi connectivity index (χ0) is 21.5. The largest absolute Gasteiger partial charge is 0.449 e. The van der Waals surface area contributed by atoms with Crippen molar-refractivity contribution in [1.82, 2.24) is 19.7 Å². The maximum absolute atomic E-state index is 12.1. The highest BCUT2D eigenvalue weighted by Crippen LogP contribution is 2.22. The molecule has 1 N–H and O–H groups in total. The van der Waals surface area contributed by atoms with Gasteiger partial charge < -0.3 is 4.74 Å². The van der Waals surface area contributed by atoms with Gasteiger partial charge in [0, 0.05) is 24.0 Å². The number of carbonyl (C=O) groups excluding carboxylic acids is 2. The Kier molecular flexibility index (Phi) is 6.92. The molecule has 2 heterocycles. The van der Waals surface area contributed by atoms with E-state index in [9.17, 15) is 9.59 Å². The summed E-state index contributed by atoms with van der Waals surface area (Å²) >= 11 is 6.43. The molecule has 154 valence electrons. The van der Waals surface area contributed by atoms with Gasteiger partial charge in [0.1, 0.15) is 5.15 Å². The van der Waals surface area contributed by atoms with E-state index in [1.54, 1.807) is 17.7 Å². The van der Waals surface area contributed by atoms with Crippen LogP contribution in [0.5, 0.6) is 0 Å². The van der Waals surface area contributed by atoms with E-state index < -0.39 is 18.0 Å². The van der Waals surface area contributed by atoms with E-state index in [0.29, 0.717) is 23.0 Å². The summed E-state index contributed by atoms with van der Waals surface area (Å²) < 4.78 is 6.78. The molecule has 0 radical (unpaired) electrons. The fourth-order valence-electron chi connectivity index (χ4n) is 2.61. The van der Waals surface area contributed by atoms with Crippen LogP contribution >= 0.6 is 11.6 Å². The average molecular weight is 426 g/mol. The van der Waals surface area contributed by atoms with E-state index in [4.69, 9.17) is 16.3 Å². The number of anilines is 1. The predicted octanol–water partition coefficient (Wildman–Crippen LogP) is 3.27. The lowest BCUT2D eigenvalue weighted by Crippen LogP contribution is -2.30. The van der Waals surface area contributed by atoms with E-state index in [1.807, 2.05) is 30.3 Å². The molecule has 1 atom stereocenters. The van der Waals surface area contributed by atoms with E-state index in [-0.39, 0.29) is 5.95 Å². The molecule has 0 bridgehead atoms. The molecule has 0 fully saturated rings. The minimum absolute atomic E-state index is 0.133. The smallest absolute Gasteiger partial charge is 0.331 e. The zero-order valence-corrected chi connectivity index (χ0v) is 17.2. The third-order valence-electron chi connectivity index (χ3n) is 4.13. The first-order chi connectivity index (χ1) is 14.4. The SMILES string of the molecule is Cc1nn(Cc2ccccc2)c(Cl)c1/C=C/C(=O)OC(C)C(=O)Nc1ncccn1. The molecular formula is C21H20ClN5O3. The monoisotopic (exact) mass is 425 g/mol. The first-order valence-electron chi connectivity index (χ1n) is 9.17. The van der Waals surface area contributed by atoms with Crippen molar-refractivity contribution in [2.24, 2.45) is 0 Å². The molecule has 0 saturated heterocycles.